The van der Waals surface area contributed by atoms with E-state index in [1.165, 1.54) is 85.8 Å². The highest BCUT2D eigenvalue weighted by atomic mass is 33.1. The highest BCUT2D eigenvalue weighted by Crippen LogP contribution is 2.23. The van der Waals surface area contributed by atoms with Crippen molar-refractivity contribution in [1.82, 2.24) is 10.6 Å². The molecule has 0 rings (SSSR count). The first-order chi connectivity index (χ1) is 21.3. The van der Waals surface area contributed by atoms with Crippen LogP contribution in [0, 0.1) is 0 Å². The molecule has 0 aliphatic heterocycles. The SMILES string of the molecule is NCCCCCCCCCCCCC(=O)NC(CSSCC(NC(=O)CCCCCCCCCCCCN)C(=O)O)C(=O)O. The van der Waals surface area contributed by atoms with Crippen LogP contribution in [-0.4, -0.2) is 70.6 Å². The lowest BCUT2D eigenvalue weighted by Crippen LogP contribution is -2.43. The number of nitrogens with one attached hydrogen (secondary N) is 2. The van der Waals surface area contributed by atoms with Crippen LogP contribution in [0.3, 0.4) is 0 Å². The molecule has 2 unspecified atom stereocenters. The second-order valence-corrected chi connectivity index (χ2v) is 14.2. The summed E-state index contributed by atoms with van der Waals surface area (Å²) in [5, 5.41) is 24.2. The number of hydrogen-bond donors (Lipinski definition) is 6. The number of aliphatic carboxylic acids is 2. The minimum atomic E-state index is -1.12. The van der Waals surface area contributed by atoms with Gasteiger partial charge in [0.2, 0.25) is 11.8 Å². The maximum absolute atomic E-state index is 12.3. The lowest BCUT2D eigenvalue weighted by Gasteiger charge is -2.16. The van der Waals surface area contributed by atoms with Crippen LogP contribution in [0.1, 0.15) is 141 Å². The number of amides is 2. The van der Waals surface area contributed by atoms with E-state index in [0.717, 1.165) is 77.3 Å². The van der Waals surface area contributed by atoms with Crippen molar-refractivity contribution in [3.63, 3.8) is 0 Å². The predicted molar refractivity (Wildman–Crippen MR) is 184 cm³/mol. The van der Waals surface area contributed by atoms with Gasteiger partial charge in [-0.05, 0) is 38.8 Å². The molecule has 2 atom stereocenters. The molecule has 44 heavy (non-hydrogen) atoms. The summed E-state index contributed by atoms with van der Waals surface area (Å²) in [6, 6.07) is -2.10. The van der Waals surface area contributed by atoms with Crippen molar-refractivity contribution in [3.05, 3.63) is 0 Å². The third-order valence-electron chi connectivity index (χ3n) is 7.54. The van der Waals surface area contributed by atoms with Crippen LogP contribution in [0.5, 0.6) is 0 Å². The molecule has 0 aliphatic carbocycles. The zero-order valence-corrected chi connectivity index (χ0v) is 28.7. The molecule has 0 aliphatic rings. The average Bonchev–Trinajstić information content (AvgIpc) is 2.99. The second kappa shape index (κ2) is 31.5. The van der Waals surface area contributed by atoms with Gasteiger partial charge in [0.15, 0.2) is 0 Å². The van der Waals surface area contributed by atoms with Gasteiger partial charge in [0.1, 0.15) is 12.1 Å². The van der Waals surface area contributed by atoms with Crippen LogP contribution in [0.2, 0.25) is 0 Å². The topological polar surface area (TPSA) is 185 Å². The van der Waals surface area contributed by atoms with Gasteiger partial charge in [0.25, 0.3) is 0 Å². The van der Waals surface area contributed by atoms with Crippen LogP contribution in [0.15, 0.2) is 0 Å². The van der Waals surface area contributed by atoms with Gasteiger partial charge in [0, 0.05) is 24.3 Å². The maximum atomic E-state index is 12.3. The molecule has 0 heterocycles. The Kier molecular flexibility index (Phi) is 30.4. The summed E-state index contributed by atoms with van der Waals surface area (Å²) in [6.45, 7) is 1.54. The number of carbonyl (C=O) groups excluding carboxylic acids is 2. The molecule has 0 saturated carbocycles. The van der Waals surface area contributed by atoms with Crippen molar-refractivity contribution in [3.8, 4) is 0 Å². The van der Waals surface area contributed by atoms with Gasteiger partial charge in [-0.25, -0.2) is 9.59 Å². The number of nitrogens with two attached hydrogens (primary N) is 2. The number of carboxylic acids is 2. The minimum absolute atomic E-state index is 0.102. The van der Waals surface area contributed by atoms with Gasteiger partial charge < -0.3 is 32.3 Å². The van der Waals surface area contributed by atoms with E-state index < -0.39 is 24.0 Å². The molecule has 12 heteroatoms. The van der Waals surface area contributed by atoms with Crippen LogP contribution >= 0.6 is 21.6 Å². The molecule has 8 N–H and O–H groups in total. The van der Waals surface area contributed by atoms with Gasteiger partial charge in [-0.3, -0.25) is 9.59 Å². The van der Waals surface area contributed by atoms with Crippen molar-refractivity contribution < 1.29 is 29.4 Å². The van der Waals surface area contributed by atoms with E-state index in [9.17, 15) is 29.4 Å². The van der Waals surface area contributed by atoms with E-state index in [-0.39, 0.29) is 23.3 Å². The Morgan fingerprint density at radius 2 is 0.705 bits per heavy atom. The first-order valence-electron chi connectivity index (χ1n) is 17.0. The van der Waals surface area contributed by atoms with Crippen LogP contribution in [-0.2, 0) is 19.2 Å². The van der Waals surface area contributed by atoms with E-state index >= 15 is 0 Å². The van der Waals surface area contributed by atoms with E-state index in [2.05, 4.69) is 10.6 Å². The first kappa shape index (κ1) is 42.5. The predicted octanol–water partition coefficient (Wildman–Crippen LogP) is 6.01. The van der Waals surface area contributed by atoms with E-state index in [0.29, 0.717) is 12.8 Å². The van der Waals surface area contributed by atoms with Gasteiger partial charge in [-0.1, -0.05) is 124 Å². The van der Waals surface area contributed by atoms with Crippen molar-refractivity contribution in [2.24, 2.45) is 11.5 Å². The highest BCUT2D eigenvalue weighted by molar-refractivity contribution is 8.76. The van der Waals surface area contributed by atoms with Gasteiger partial charge in [0.05, 0.1) is 0 Å². The quantitative estimate of drug-likeness (QED) is 0.0359. The summed E-state index contributed by atoms with van der Waals surface area (Å²) in [7, 11) is 2.36. The van der Waals surface area contributed by atoms with Crippen molar-refractivity contribution in [2.45, 2.75) is 153 Å². The number of carbonyl (C=O) groups is 4. The van der Waals surface area contributed by atoms with Gasteiger partial charge in [-0.15, -0.1) is 0 Å². The third kappa shape index (κ3) is 28.0. The standard InChI is InChI=1S/C32H62N4O6S2/c33-23-19-15-11-7-3-1-5-9-13-17-21-29(37)35-27(31(39)40)25-43-44-26-28(32(41)42)36-30(38)22-18-14-10-6-2-4-8-12-16-20-24-34/h27-28H,1-26,33-34H2,(H,35,37)(H,36,38)(H,39,40)(H,41,42). The molecule has 0 aromatic heterocycles. The normalized spacial score (nSPS) is 12.5. The Hall–Kier alpha value is -1.50. The second-order valence-electron chi connectivity index (χ2n) is 11.6. The summed E-state index contributed by atoms with van der Waals surface area (Å²) in [5.74, 6) is -2.60. The third-order valence-corrected chi connectivity index (χ3v) is 9.96. The Labute approximate surface area is 274 Å². The zero-order chi connectivity index (χ0) is 32.7. The molecular formula is C32H62N4O6S2. The molecule has 0 spiro atoms. The summed E-state index contributed by atoms with van der Waals surface area (Å²) >= 11 is 0. The molecule has 258 valence electrons. The lowest BCUT2D eigenvalue weighted by molar-refractivity contribution is -0.141. The molecule has 2 amide bonds. The number of carboxylic acid groups (broad SMARTS) is 2. The number of hydrogen-bond acceptors (Lipinski definition) is 8. The molecule has 0 fully saturated rings. The minimum Gasteiger partial charge on any atom is -0.480 e. The highest BCUT2D eigenvalue weighted by Gasteiger charge is 2.23. The van der Waals surface area contributed by atoms with E-state index in [4.69, 9.17) is 11.5 Å². The van der Waals surface area contributed by atoms with Crippen molar-refractivity contribution >= 4 is 45.3 Å². The fourth-order valence-corrected chi connectivity index (χ4v) is 7.11. The summed E-state index contributed by atoms with van der Waals surface area (Å²) < 4.78 is 0. The smallest absolute Gasteiger partial charge is 0.327 e. The van der Waals surface area contributed by atoms with Gasteiger partial charge >= 0.3 is 11.9 Å². The monoisotopic (exact) mass is 662 g/mol. The largest absolute Gasteiger partial charge is 0.480 e. The van der Waals surface area contributed by atoms with Crippen LogP contribution in [0.25, 0.3) is 0 Å². The molecule has 0 aromatic rings. The average molecular weight is 663 g/mol. The number of unbranched alkanes of at least 4 members (excludes halogenated alkanes) is 18. The van der Waals surface area contributed by atoms with Crippen LogP contribution < -0.4 is 22.1 Å². The van der Waals surface area contributed by atoms with E-state index in [1.54, 1.807) is 0 Å². The molecule has 10 nitrogen and oxygen atoms in total. The van der Waals surface area contributed by atoms with Crippen molar-refractivity contribution in [1.29, 1.82) is 0 Å². The summed E-state index contributed by atoms with van der Waals surface area (Å²) in [5.41, 5.74) is 11.0. The Balaban J connectivity index is 4.00. The van der Waals surface area contributed by atoms with Gasteiger partial charge in [-0.2, -0.15) is 0 Å². The number of rotatable bonds is 33. The summed E-state index contributed by atoms with van der Waals surface area (Å²) in [6.07, 6.45) is 22.9. The molecule has 0 radical (unpaired) electrons. The van der Waals surface area contributed by atoms with Crippen LogP contribution in [0.4, 0.5) is 0 Å². The molecule has 0 aromatic carbocycles. The fourth-order valence-electron chi connectivity index (χ4n) is 4.80. The Bertz CT molecular complexity index is 688. The molecule has 0 bridgehead atoms. The molecular weight excluding hydrogens is 601 g/mol. The fraction of sp³-hybridized carbons (Fsp3) is 0.875. The maximum Gasteiger partial charge on any atom is 0.327 e. The van der Waals surface area contributed by atoms with E-state index in [1.807, 2.05) is 0 Å². The molecule has 0 saturated heterocycles. The zero-order valence-electron chi connectivity index (χ0n) is 27.0. The Morgan fingerprint density at radius 3 is 0.955 bits per heavy atom. The summed E-state index contributed by atoms with van der Waals surface area (Å²) in [4.78, 5) is 47.8. The Morgan fingerprint density at radius 1 is 0.455 bits per heavy atom. The lowest BCUT2D eigenvalue weighted by atomic mass is 10.1. The van der Waals surface area contributed by atoms with Crippen molar-refractivity contribution in [2.75, 3.05) is 24.6 Å². The first-order valence-corrected chi connectivity index (χ1v) is 19.5.